The van der Waals surface area contributed by atoms with E-state index in [2.05, 4.69) is 49.1 Å². The first kappa shape index (κ1) is 19.0. The van der Waals surface area contributed by atoms with Crippen molar-refractivity contribution >= 4 is 10.8 Å². The number of benzene rings is 4. The Labute approximate surface area is 172 Å². The summed E-state index contributed by atoms with van der Waals surface area (Å²) in [5, 5.41) is 1.55. The van der Waals surface area contributed by atoms with E-state index in [0.29, 0.717) is 10.9 Å². The SMILES string of the molecule is Cc1ccc(C#Cc2ccc3cc(CCc4ccc(C)cc4)ccc3c2F)cc1. The fourth-order valence-electron chi connectivity index (χ4n) is 3.41. The van der Waals surface area contributed by atoms with Gasteiger partial charge in [0.25, 0.3) is 0 Å². The van der Waals surface area contributed by atoms with Crippen LogP contribution < -0.4 is 0 Å². The number of fused-ring (bicyclic) bond motifs is 1. The van der Waals surface area contributed by atoms with Crippen molar-refractivity contribution in [3.05, 3.63) is 118 Å². The van der Waals surface area contributed by atoms with Gasteiger partial charge in [-0.15, -0.1) is 0 Å². The molecule has 0 fully saturated rings. The lowest BCUT2D eigenvalue weighted by atomic mass is 9.99. The van der Waals surface area contributed by atoms with Gasteiger partial charge in [0.05, 0.1) is 5.56 Å². The summed E-state index contributed by atoms with van der Waals surface area (Å²) < 4.78 is 15.0. The van der Waals surface area contributed by atoms with E-state index in [-0.39, 0.29) is 5.82 Å². The van der Waals surface area contributed by atoms with Gasteiger partial charge >= 0.3 is 0 Å². The highest BCUT2D eigenvalue weighted by Crippen LogP contribution is 2.23. The van der Waals surface area contributed by atoms with Crippen LogP contribution >= 0.6 is 0 Å². The molecule has 0 bridgehead atoms. The quantitative estimate of drug-likeness (QED) is 0.345. The zero-order chi connectivity index (χ0) is 20.2. The molecule has 4 rings (SSSR count). The lowest BCUT2D eigenvalue weighted by molar-refractivity contribution is 0.636. The van der Waals surface area contributed by atoms with E-state index in [9.17, 15) is 4.39 Å². The fourth-order valence-corrected chi connectivity index (χ4v) is 3.41. The van der Waals surface area contributed by atoms with E-state index in [1.54, 1.807) is 6.07 Å². The Hall–Kier alpha value is -3.37. The lowest BCUT2D eigenvalue weighted by Crippen LogP contribution is -1.93. The highest BCUT2D eigenvalue weighted by molar-refractivity contribution is 5.85. The summed E-state index contributed by atoms with van der Waals surface area (Å²) in [6.45, 7) is 4.14. The van der Waals surface area contributed by atoms with Crippen LogP contribution in [0.2, 0.25) is 0 Å². The second-order valence-electron chi connectivity index (χ2n) is 7.58. The third kappa shape index (κ3) is 4.55. The van der Waals surface area contributed by atoms with Gasteiger partial charge in [0.1, 0.15) is 5.82 Å². The molecular weight excluding hydrogens is 355 g/mol. The third-order valence-corrected chi connectivity index (χ3v) is 5.23. The van der Waals surface area contributed by atoms with Crippen molar-refractivity contribution < 1.29 is 4.39 Å². The Morgan fingerprint density at radius 1 is 0.655 bits per heavy atom. The highest BCUT2D eigenvalue weighted by Gasteiger charge is 2.07. The van der Waals surface area contributed by atoms with Crippen molar-refractivity contribution in [1.29, 1.82) is 0 Å². The number of hydrogen-bond donors (Lipinski definition) is 0. The smallest absolute Gasteiger partial charge is 0.146 e. The molecule has 0 heterocycles. The van der Waals surface area contributed by atoms with E-state index in [0.717, 1.165) is 23.8 Å². The van der Waals surface area contributed by atoms with Crippen molar-refractivity contribution in [2.75, 3.05) is 0 Å². The molecule has 0 spiro atoms. The molecule has 0 saturated heterocycles. The zero-order valence-corrected chi connectivity index (χ0v) is 16.8. The normalized spacial score (nSPS) is 10.6. The molecule has 0 aliphatic carbocycles. The number of halogens is 1. The molecule has 0 saturated carbocycles. The summed E-state index contributed by atoms with van der Waals surface area (Å²) in [6, 6.07) is 26.3. The van der Waals surface area contributed by atoms with Gasteiger partial charge in [-0.2, -0.15) is 0 Å². The van der Waals surface area contributed by atoms with Gasteiger partial charge in [0.15, 0.2) is 0 Å². The van der Waals surface area contributed by atoms with Gasteiger partial charge in [-0.3, -0.25) is 0 Å². The van der Waals surface area contributed by atoms with Gasteiger partial charge in [-0.05, 0) is 61.4 Å². The summed E-state index contributed by atoms with van der Waals surface area (Å²) in [5.41, 5.74) is 6.33. The van der Waals surface area contributed by atoms with Gasteiger partial charge in [-0.25, -0.2) is 4.39 Å². The minimum atomic E-state index is -0.243. The number of hydrogen-bond acceptors (Lipinski definition) is 0. The predicted molar refractivity (Wildman–Crippen MR) is 120 cm³/mol. The van der Waals surface area contributed by atoms with Gasteiger partial charge in [0, 0.05) is 10.9 Å². The Bertz CT molecular complexity index is 1200. The molecule has 0 unspecified atom stereocenters. The van der Waals surface area contributed by atoms with E-state index in [4.69, 9.17) is 0 Å². The molecule has 142 valence electrons. The standard InChI is InChI=1S/C28H23F/c1-20-3-7-22(8-4-20)11-12-24-14-18-27-26(19-24)17-16-25(28(27)29)15-13-23-9-5-21(2)6-10-23/h3-10,14,16-19H,11-12H2,1-2H3. The molecule has 0 radical (unpaired) electrons. The van der Waals surface area contributed by atoms with Crippen LogP contribution in [0.4, 0.5) is 4.39 Å². The van der Waals surface area contributed by atoms with Crippen LogP contribution in [0.25, 0.3) is 10.8 Å². The van der Waals surface area contributed by atoms with E-state index in [1.807, 2.05) is 49.4 Å². The molecule has 0 nitrogen and oxygen atoms in total. The first-order valence-electron chi connectivity index (χ1n) is 9.94. The van der Waals surface area contributed by atoms with Crippen LogP contribution in [0.1, 0.15) is 33.4 Å². The van der Waals surface area contributed by atoms with Crippen LogP contribution in [-0.2, 0) is 12.8 Å². The van der Waals surface area contributed by atoms with Crippen LogP contribution in [0.15, 0.2) is 78.9 Å². The molecular formula is C28H23F. The minimum absolute atomic E-state index is 0.243. The first-order chi connectivity index (χ1) is 14.1. The van der Waals surface area contributed by atoms with Crippen molar-refractivity contribution in [3.8, 4) is 11.8 Å². The molecule has 1 heteroatoms. The molecule has 0 aliphatic heterocycles. The van der Waals surface area contributed by atoms with Crippen molar-refractivity contribution in [3.63, 3.8) is 0 Å². The van der Waals surface area contributed by atoms with Crippen LogP contribution in [-0.4, -0.2) is 0 Å². The third-order valence-electron chi connectivity index (χ3n) is 5.23. The summed E-state index contributed by atoms with van der Waals surface area (Å²) in [5.74, 6) is 5.80. The zero-order valence-electron chi connectivity index (χ0n) is 16.8. The van der Waals surface area contributed by atoms with Gasteiger partial charge < -0.3 is 0 Å². The van der Waals surface area contributed by atoms with E-state index < -0.39 is 0 Å². The monoisotopic (exact) mass is 378 g/mol. The Morgan fingerprint density at radius 2 is 1.28 bits per heavy atom. The van der Waals surface area contributed by atoms with Crippen LogP contribution in [0.3, 0.4) is 0 Å². The van der Waals surface area contributed by atoms with Gasteiger partial charge in [0.2, 0.25) is 0 Å². The van der Waals surface area contributed by atoms with E-state index in [1.165, 1.54) is 22.3 Å². The largest absolute Gasteiger partial charge is 0.205 e. The van der Waals surface area contributed by atoms with Crippen molar-refractivity contribution in [1.82, 2.24) is 0 Å². The molecule has 0 aliphatic rings. The van der Waals surface area contributed by atoms with Crippen molar-refractivity contribution in [2.45, 2.75) is 26.7 Å². The van der Waals surface area contributed by atoms with Crippen LogP contribution in [0.5, 0.6) is 0 Å². The molecule has 0 aromatic heterocycles. The number of rotatable bonds is 3. The molecule has 4 aromatic rings. The average Bonchev–Trinajstić information content (AvgIpc) is 2.74. The predicted octanol–water partition coefficient (Wildman–Crippen LogP) is 6.78. The van der Waals surface area contributed by atoms with Crippen molar-refractivity contribution in [2.24, 2.45) is 0 Å². The fraction of sp³-hybridized carbons (Fsp3) is 0.143. The van der Waals surface area contributed by atoms with Crippen LogP contribution in [0, 0.1) is 31.5 Å². The summed E-state index contributed by atoms with van der Waals surface area (Å²) in [6.07, 6.45) is 1.92. The molecule has 0 atom stereocenters. The minimum Gasteiger partial charge on any atom is -0.205 e. The lowest BCUT2D eigenvalue weighted by Gasteiger charge is -2.07. The second kappa shape index (κ2) is 8.33. The Kier molecular flexibility index (Phi) is 5.45. The first-order valence-corrected chi connectivity index (χ1v) is 9.94. The molecule has 29 heavy (non-hydrogen) atoms. The maximum Gasteiger partial charge on any atom is 0.146 e. The van der Waals surface area contributed by atoms with Gasteiger partial charge in [-0.1, -0.05) is 83.6 Å². The second-order valence-corrected chi connectivity index (χ2v) is 7.58. The maximum atomic E-state index is 15.0. The number of aryl methyl sites for hydroxylation is 4. The average molecular weight is 378 g/mol. The topological polar surface area (TPSA) is 0 Å². The molecule has 0 amide bonds. The summed E-state index contributed by atoms with van der Waals surface area (Å²) in [4.78, 5) is 0. The molecule has 4 aromatic carbocycles. The highest BCUT2D eigenvalue weighted by atomic mass is 19.1. The van der Waals surface area contributed by atoms with E-state index >= 15 is 0 Å². The Balaban J connectivity index is 1.55. The summed E-state index contributed by atoms with van der Waals surface area (Å²) in [7, 11) is 0. The summed E-state index contributed by atoms with van der Waals surface area (Å²) >= 11 is 0. The molecule has 0 N–H and O–H groups in total. The maximum absolute atomic E-state index is 15.0. The Morgan fingerprint density at radius 3 is 2.00 bits per heavy atom.